The van der Waals surface area contributed by atoms with Crippen LogP contribution < -0.4 is 5.32 Å². The summed E-state index contributed by atoms with van der Waals surface area (Å²) in [5.41, 5.74) is -0.631. The average Bonchev–Trinajstić information content (AvgIpc) is 2.34. The molecule has 1 heterocycles. The lowest BCUT2D eigenvalue weighted by atomic mass is 9.84. The molecule has 0 aromatic rings. The Bertz CT molecular complexity index is 311. The average molecular weight is 268 g/mol. The van der Waals surface area contributed by atoms with Crippen molar-refractivity contribution in [3.8, 4) is 0 Å². The second-order valence-electron chi connectivity index (χ2n) is 6.56. The summed E-state index contributed by atoms with van der Waals surface area (Å²) in [5, 5.41) is 13.9. The van der Waals surface area contributed by atoms with Crippen molar-refractivity contribution in [2.45, 2.75) is 76.5 Å². The summed E-state index contributed by atoms with van der Waals surface area (Å²) in [5.74, 6) is 0.180. The van der Waals surface area contributed by atoms with Crippen molar-refractivity contribution < 1.29 is 9.90 Å². The van der Waals surface area contributed by atoms with Crippen LogP contribution >= 0.6 is 0 Å². The van der Waals surface area contributed by atoms with Gasteiger partial charge in [-0.25, -0.2) is 0 Å². The Balaban J connectivity index is 1.93. The van der Waals surface area contributed by atoms with E-state index in [4.69, 9.17) is 0 Å². The van der Waals surface area contributed by atoms with Crippen LogP contribution in [0.4, 0.5) is 0 Å². The van der Waals surface area contributed by atoms with E-state index in [1.807, 2.05) is 4.90 Å². The third kappa shape index (κ3) is 3.93. The molecule has 4 heteroatoms. The SMILES string of the molecule is CC(C)NC1CCCN(CC2(O)CCCCC2)C1=O. The zero-order valence-electron chi connectivity index (χ0n) is 12.3. The molecule has 19 heavy (non-hydrogen) atoms. The summed E-state index contributed by atoms with van der Waals surface area (Å²) < 4.78 is 0. The molecule has 1 saturated carbocycles. The van der Waals surface area contributed by atoms with Gasteiger partial charge in [0.1, 0.15) is 0 Å². The molecule has 1 saturated heterocycles. The first-order valence-corrected chi connectivity index (χ1v) is 7.77. The van der Waals surface area contributed by atoms with Crippen molar-refractivity contribution in [2.24, 2.45) is 0 Å². The van der Waals surface area contributed by atoms with E-state index in [2.05, 4.69) is 19.2 Å². The number of hydrogen-bond donors (Lipinski definition) is 2. The maximum absolute atomic E-state index is 12.4. The van der Waals surface area contributed by atoms with E-state index in [-0.39, 0.29) is 11.9 Å². The molecule has 110 valence electrons. The number of piperidine rings is 1. The molecule has 0 aromatic heterocycles. The fourth-order valence-electron chi connectivity index (χ4n) is 3.38. The highest BCUT2D eigenvalue weighted by atomic mass is 16.3. The van der Waals surface area contributed by atoms with Gasteiger partial charge in [-0.2, -0.15) is 0 Å². The fraction of sp³-hybridized carbons (Fsp3) is 0.933. The van der Waals surface area contributed by atoms with Crippen molar-refractivity contribution in [3.63, 3.8) is 0 Å². The lowest BCUT2D eigenvalue weighted by Crippen LogP contribution is -2.56. The highest BCUT2D eigenvalue weighted by molar-refractivity contribution is 5.82. The molecular formula is C15H28N2O2. The topological polar surface area (TPSA) is 52.6 Å². The summed E-state index contributed by atoms with van der Waals surface area (Å²) in [7, 11) is 0. The van der Waals surface area contributed by atoms with E-state index >= 15 is 0 Å². The number of hydrogen-bond acceptors (Lipinski definition) is 3. The molecule has 1 amide bonds. The Morgan fingerprint density at radius 1 is 1.32 bits per heavy atom. The lowest BCUT2D eigenvalue weighted by molar-refractivity contribution is -0.141. The molecular weight excluding hydrogens is 240 g/mol. The van der Waals surface area contributed by atoms with Crippen molar-refractivity contribution >= 4 is 5.91 Å². The molecule has 2 aliphatic rings. The van der Waals surface area contributed by atoms with Gasteiger partial charge in [-0.1, -0.05) is 33.1 Å². The van der Waals surface area contributed by atoms with E-state index in [1.165, 1.54) is 6.42 Å². The van der Waals surface area contributed by atoms with Crippen LogP contribution in [-0.2, 0) is 4.79 Å². The van der Waals surface area contributed by atoms with Crippen molar-refractivity contribution in [1.82, 2.24) is 10.2 Å². The van der Waals surface area contributed by atoms with Gasteiger partial charge in [0, 0.05) is 19.1 Å². The highest BCUT2D eigenvalue weighted by Gasteiger charge is 2.36. The molecule has 2 fully saturated rings. The van der Waals surface area contributed by atoms with E-state index in [9.17, 15) is 9.90 Å². The fourth-order valence-corrected chi connectivity index (χ4v) is 3.38. The van der Waals surface area contributed by atoms with Crippen LogP contribution in [0.2, 0.25) is 0 Å². The summed E-state index contributed by atoms with van der Waals surface area (Å²) >= 11 is 0. The molecule has 1 aliphatic heterocycles. The van der Waals surface area contributed by atoms with Crippen LogP contribution in [0.1, 0.15) is 58.8 Å². The first-order valence-electron chi connectivity index (χ1n) is 7.77. The minimum Gasteiger partial charge on any atom is -0.388 e. The molecule has 2 rings (SSSR count). The summed E-state index contributed by atoms with van der Waals surface area (Å²) in [6.45, 7) is 5.47. The normalized spacial score (nSPS) is 27.9. The molecule has 2 N–H and O–H groups in total. The molecule has 4 nitrogen and oxygen atoms in total. The van der Waals surface area contributed by atoms with Crippen molar-refractivity contribution in [1.29, 1.82) is 0 Å². The first-order chi connectivity index (χ1) is 9.00. The predicted molar refractivity (Wildman–Crippen MR) is 75.9 cm³/mol. The lowest BCUT2D eigenvalue weighted by Gasteiger charge is -2.40. The van der Waals surface area contributed by atoms with Gasteiger partial charge >= 0.3 is 0 Å². The van der Waals surface area contributed by atoms with Gasteiger partial charge < -0.3 is 15.3 Å². The van der Waals surface area contributed by atoms with Gasteiger partial charge in [0.15, 0.2) is 0 Å². The van der Waals surface area contributed by atoms with E-state index in [0.29, 0.717) is 12.6 Å². The van der Waals surface area contributed by atoms with Gasteiger partial charge in [0.2, 0.25) is 5.91 Å². The van der Waals surface area contributed by atoms with E-state index in [1.54, 1.807) is 0 Å². The number of nitrogens with zero attached hydrogens (tertiary/aromatic N) is 1. The minimum absolute atomic E-state index is 0.0547. The molecule has 0 radical (unpaired) electrons. The molecule has 1 atom stereocenters. The number of nitrogens with one attached hydrogen (secondary N) is 1. The van der Waals surface area contributed by atoms with Crippen LogP contribution in [0.25, 0.3) is 0 Å². The van der Waals surface area contributed by atoms with Crippen molar-refractivity contribution in [3.05, 3.63) is 0 Å². The Kier molecular flexibility index (Phi) is 4.85. The molecule has 0 bridgehead atoms. The molecule has 0 aromatic carbocycles. The third-order valence-corrected chi connectivity index (χ3v) is 4.33. The molecule has 0 spiro atoms. The Labute approximate surface area is 116 Å². The Morgan fingerprint density at radius 2 is 2.00 bits per heavy atom. The Morgan fingerprint density at radius 3 is 2.63 bits per heavy atom. The van der Waals surface area contributed by atoms with E-state index in [0.717, 1.165) is 45.1 Å². The van der Waals surface area contributed by atoms with Gasteiger partial charge in [-0.05, 0) is 25.7 Å². The zero-order valence-corrected chi connectivity index (χ0v) is 12.3. The van der Waals surface area contributed by atoms with Gasteiger partial charge in [0.05, 0.1) is 11.6 Å². The zero-order chi connectivity index (χ0) is 13.9. The maximum atomic E-state index is 12.4. The first kappa shape index (κ1) is 14.8. The van der Waals surface area contributed by atoms with Gasteiger partial charge in [-0.3, -0.25) is 4.79 Å². The largest absolute Gasteiger partial charge is 0.388 e. The van der Waals surface area contributed by atoms with Crippen LogP contribution in [0.3, 0.4) is 0 Å². The highest BCUT2D eigenvalue weighted by Crippen LogP contribution is 2.29. The van der Waals surface area contributed by atoms with Crippen LogP contribution in [0, 0.1) is 0 Å². The number of likely N-dealkylation sites (tertiary alicyclic amines) is 1. The molecule has 1 unspecified atom stereocenters. The summed E-state index contributed by atoms with van der Waals surface area (Å²) in [6, 6.07) is 0.271. The van der Waals surface area contributed by atoms with Crippen molar-refractivity contribution in [2.75, 3.05) is 13.1 Å². The van der Waals surface area contributed by atoms with Gasteiger partial charge in [0.25, 0.3) is 0 Å². The predicted octanol–water partition coefficient (Wildman–Crippen LogP) is 1.67. The standard InChI is InChI=1S/C15H28N2O2/c1-12(2)16-13-7-6-10-17(14(13)18)11-15(19)8-4-3-5-9-15/h12-13,16,19H,3-11H2,1-2H3. The summed E-state index contributed by atoms with van der Waals surface area (Å²) in [4.78, 5) is 14.3. The van der Waals surface area contributed by atoms with Crippen LogP contribution in [-0.4, -0.2) is 46.7 Å². The number of aliphatic hydroxyl groups is 1. The number of carbonyl (C=O) groups excluding carboxylic acids is 1. The number of amides is 1. The quantitative estimate of drug-likeness (QED) is 0.815. The number of β-amino-alcohol motifs (C(OH)–C–C–N with tert-alkyl or cyclic N) is 1. The smallest absolute Gasteiger partial charge is 0.239 e. The third-order valence-electron chi connectivity index (χ3n) is 4.33. The maximum Gasteiger partial charge on any atom is 0.239 e. The summed E-state index contributed by atoms with van der Waals surface area (Å²) in [6.07, 6.45) is 7.04. The monoisotopic (exact) mass is 268 g/mol. The minimum atomic E-state index is -0.631. The van der Waals surface area contributed by atoms with Crippen LogP contribution in [0.5, 0.6) is 0 Å². The van der Waals surface area contributed by atoms with Crippen LogP contribution in [0.15, 0.2) is 0 Å². The second kappa shape index (κ2) is 6.23. The number of carbonyl (C=O) groups is 1. The van der Waals surface area contributed by atoms with Gasteiger partial charge in [-0.15, -0.1) is 0 Å². The van der Waals surface area contributed by atoms with E-state index < -0.39 is 5.60 Å². The second-order valence-corrected chi connectivity index (χ2v) is 6.56. The molecule has 1 aliphatic carbocycles. The Hall–Kier alpha value is -0.610. The number of rotatable bonds is 4.